The van der Waals surface area contributed by atoms with Gasteiger partial charge in [0.2, 0.25) is 0 Å². The van der Waals surface area contributed by atoms with Gasteiger partial charge in [-0.25, -0.2) is 0 Å². The maximum atomic E-state index is 9.87. The first kappa shape index (κ1) is 34.6. The molecule has 0 aliphatic rings. The van der Waals surface area contributed by atoms with Crippen LogP contribution in [0.1, 0.15) is 130 Å². The number of hydrogen-bond acceptors (Lipinski definition) is 0. The average molecular weight is 517 g/mol. The van der Waals surface area contributed by atoms with Gasteiger partial charge in [0.05, 0.1) is 24.6 Å². The fourth-order valence-corrected chi connectivity index (χ4v) is 9.09. The summed E-state index contributed by atoms with van der Waals surface area (Å²) in [7, 11) is -11.3. The molecule has 0 rings (SSSR count). The molecular formula is C24H52F6P2. The Balaban J connectivity index is 0. The molecule has 0 heterocycles. The minimum absolute atomic E-state index is 0.657. The van der Waals surface area contributed by atoms with Gasteiger partial charge < -0.3 is 0 Å². The normalized spacial score (nSPS) is 14.4. The van der Waals surface area contributed by atoms with Gasteiger partial charge in [0.15, 0.2) is 0 Å². The molecule has 0 aromatic rings. The second kappa shape index (κ2) is 17.0. The molecule has 0 aliphatic heterocycles. The fraction of sp³-hybridized carbons (Fsp3) is 1.00. The van der Waals surface area contributed by atoms with Crippen molar-refractivity contribution in [3.05, 3.63) is 0 Å². The van der Waals surface area contributed by atoms with Crippen molar-refractivity contribution in [1.82, 2.24) is 0 Å². The SMILES string of the molecule is CCCCCC[P+](CCCCCC)(CCCCCC)CCCCCC.F[P-](F)(F)(F)(F)F. The molecule has 0 amide bonds. The Kier molecular flexibility index (Phi) is 18.3. The summed E-state index contributed by atoms with van der Waals surface area (Å²) >= 11 is 0. The Morgan fingerprint density at radius 2 is 0.562 bits per heavy atom. The molecular weight excluding hydrogens is 464 g/mol. The van der Waals surface area contributed by atoms with Crippen LogP contribution in [0.2, 0.25) is 0 Å². The zero-order valence-corrected chi connectivity index (χ0v) is 23.1. The Labute approximate surface area is 195 Å². The standard InChI is InChI=1S/C24H52P.F6P/c1-5-9-13-17-21-25(22-18-14-10-6-2,23-19-15-11-7-3)24-20-16-12-8-4;1-7(2,3,4,5)6/h5-24H2,1-4H3;/q+1;-1. The van der Waals surface area contributed by atoms with E-state index in [1.165, 1.54) is 103 Å². The van der Waals surface area contributed by atoms with Gasteiger partial charge in [0.25, 0.3) is 0 Å². The fourth-order valence-electron chi connectivity index (χ4n) is 4.17. The van der Waals surface area contributed by atoms with Gasteiger partial charge in [-0.15, -0.1) is 0 Å². The Bertz CT molecular complexity index is 358. The van der Waals surface area contributed by atoms with Gasteiger partial charge in [-0.05, 0) is 51.4 Å². The number of unbranched alkanes of at least 4 members (excludes halogenated alkanes) is 12. The maximum absolute atomic E-state index is 10.7. The van der Waals surface area contributed by atoms with E-state index in [2.05, 4.69) is 27.7 Å². The molecule has 0 atom stereocenters. The van der Waals surface area contributed by atoms with Crippen molar-refractivity contribution in [3.8, 4) is 0 Å². The summed E-state index contributed by atoms with van der Waals surface area (Å²) in [6.45, 7) is 9.40. The van der Waals surface area contributed by atoms with E-state index in [0.29, 0.717) is 0 Å². The van der Waals surface area contributed by atoms with Gasteiger partial charge in [0, 0.05) is 7.26 Å². The van der Waals surface area contributed by atoms with E-state index in [4.69, 9.17) is 0 Å². The van der Waals surface area contributed by atoms with Gasteiger partial charge in [0.1, 0.15) is 0 Å². The summed E-state index contributed by atoms with van der Waals surface area (Å²) in [6, 6.07) is 0. The summed E-state index contributed by atoms with van der Waals surface area (Å²) in [6.07, 6.45) is 30.1. The number of rotatable bonds is 20. The molecule has 0 nitrogen and oxygen atoms in total. The molecule has 8 heteroatoms. The molecule has 0 fully saturated rings. The molecule has 0 unspecified atom stereocenters. The van der Waals surface area contributed by atoms with Crippen LogP contribution in [0.5, 0.6) is 0 Å². The van der Waals surface area contributed by atoms with Crippen molar-refractivity contribution in [2.24, 2.45) is 0 Å². The van der Waals surface area contributed by atoms with E-state index in [9.17, 15) is 25.2 Å². The summed E-state index contributed by atoms with van der Waals surface area (Å²) < 4.78 is 59.2. The first-order chi connectivity index (χ1) is 14.7. The molecule has 0 aromatic heterocycles. The van der Waals surface area contributed by atoms with Crippen molar-refractivity contribution < 1.29 is 25.2 Å². The molecule has 0 aliphatic carbocycles. The van der Waals surface area contributed by atoms with E-state index >= 15 is 0 Å². The predicted octanol–water partition coefficient (Wildman–Crippen LogP) is 12.7. The van der Waals surface area contributed by atoms with Crippen LogP contribution in [0, 0.1) is 0 Å². The average Bonchev–Trinajstić information content (AvgIpc) is 2.67. The molecule has 32 heavy (non-hydrogen) atoms. The molecule has 0 aromatic carbocycles. The van der Waals surface area contributed by atoms with Gasteiger partial charge >= 0.3 is 33.0 Å². The monoisotopic (exact) mass is 516 g/mol. The number of hydrogen-bond donors (Lipinski definition) is 0. The predicted molar refractivity (Wildman–Crippen MR) is 137 cm³/mol. The summed E-state index contributed by atoms with van der Waals surface area (Å²) in [5.74, 6) is 0. The topological polar surface area (TPSA) is 0 Å². The Morgan fingerprint density at radius 1 is 0.375 bits per heavy atom. The minimum atomic E-state index is -10.7. The van der Waals surface area contributed by atoms with Crippen LogP contribution in [0.3, 0.4) is 0 Å². The van der Waals surface area contributed by atoms with Crippen molar-refractivity contribution >= 4 is 15.1 Å². The van der Waals surface area contributed by atoms with Crippen molar-refractivity contribution in [2.75, 3.05) is 24.6 Å². The van der Waals surface area contributed by atoms with Gasteiger partial charge in [-0.3, -0.25) is 0 Å². The summed E-state index contributed by atoms with van der Waals surface area (Å²) in [4.78, 5) is 0. The van der Waals surface area contributed by atoms with Gasteiger partial charge in [-0.1, -0.05) is 79.1 Å². The second-order valence-corrected chi connectivity index (χ2v) is 15.8. The molecule has 0 N–H and O–H groups in total. The molecule has 0 radical (unpaired) electrons. The zero-order valence-electron chi connectivity index (χ0n) is 21.3. The Morgan fingerprint density at radius 3 is 0.719 bits per heavy atom. The van der Waals surface area contributed by atoms with Crippen molar-refractivity contribution in [1.29, 1.82) is 0 Å². The van der Waals surface area contributed by atoms with Crippen LogP contribution in [0.25, 0.3) is 0 Å². The second-order valence-electron chi connectivity index (χ2n) is 9.44. The zero-order chi connectivity index (χ0) is 25.1. The first-order valence-corrected chi connectivity index (χ1v) is 17.7. The van der Waals surface area contributed by atoms with Crippen molar-refractivity contribution in [3.63, 3.8) is 0 Å². The van der Waals surface area contributed by atoms with E-state index in [1.54, 1.807) is 24.6 Å². The quantitative estimate of drug-likeness (QED) is 0.0857. The van der Waals surface area contributed by atoms with Crippen LogP contribution in [-0.2, 0) is 0 Å². The Hall–Kier alpha value is 0.440. The summed E-state index contributed by atoms with van der Waals surface area (Å²) in [5, 5.41) is 0. The third-order valence-electron chi connectivity index (χ3n) is 5.94. The van der Waals surface area contributed by atoms with Crippen molar-refractivity contribution in [2.45, 2.75) is 130 Å². The van der Waals surface area contributed by atoms with E-state index in [-0.39, 0.29) is 0 Å². The molecule has 0 saturated carbocycles. The summed E-state index contributed by atoms with van der Waals surface area (Å²) in [5.41, 5.74) is 0. The van der Waals surface area contributed by atoms with Crippen LogP contribution in [-0.4, -0.2) is 24.6 Å². The van der Waals surface area contributed by atoms with Crippen LogP contribution < -0.4 is 0 Å². The molecule has 0 spiro atoms. The van der Waals surface area contributed by atoms with E-state index in [0.717, 1.165) is 0 Å². The van der Waals surface area contributed by atoms with Crippen LogP contribution in [0.4, 0.5) is 25.2 Å². The number of halogens is 6. The van der Waals surface area contributed by atoms with E-state index < -0.39 is 15.1 Å². The molecule has 0 bridgehead atoms. The first-order valence-electron chi connectivity index (χ1n) is 13.1. The van der Waals surface area contributed by atoms with E-state index in [1.807, 2.05) is 0 Å². The van der Waals surface area contributed by atoms with Crippen LogP contribution in [0.15, 0.2) is 0 Å². The van der Waals surface area contributed by atoms with Crippen LogP contribution >= 0.6 is 15.1 Å². The van der Waals surface area contributed by atoms with Gasteiger partial charge in [-0.2, -0.15) is 0 Å². The third kappa shape index (κ3) is 32.6. The molecule has 0 saturated heterocycles. The molecule has 200 valence electrons. The third-order valence-corrected chi connectivity index (χ3v) is 11.0.